The third kappa shape index (κ3) is 5.09. The highest BCUT2D eigenvalue weighted by Crippen LogP contribution is 2.42. The summed E-state index contributed by atoms with van der Waals surface area (Å²) in [7, 11) is 0. The van der Waals surface area contributed by atoms with E-state index in [9.17, 15) is 5.11 Å². The number of aromatic nitrogens is 4. The van der Waals surface area contributed by atoms with Crippen molar-refractivity contribution in [3.63, 3.8) is 0 Å². The van der Waals surface area contributed by atoms with Crippen LogP contribution in [0.2, 0.25) is 0 Å². The van der Waals surface area contributed by atoms with Gasteiger partial charge in [-0.3, -0.25) is 9.13 Å². The summed E-state index contributed by atoms with van der Waals surface area (Å²) >= 11 is 0. The molecule has 0 unspecified atom stereocenters. The van der Waals surface area contributed by atoms with Gasteiger partial charge in [-0.05, 0) is 59.0 Å². The van der Waals surface area contributed by atoms with Crippen molar-refractivity contribution in [2.24, 2.45) is 0 Å². The summed E-state index contributed by atoms with van der Waals surface area (Å²) in [6, 6.07) is 54.1. The number of rotatable bonds is 5. The Morgan fingerprint density at radius 3 is 1.94 bits per heavy atom. The summed E-state index contributed by atoms with van der Waals surface area (Å²) in [5.74, 6) is 0.885. The molecule has 5 nitrogen and oxygen atoms in total. The monoisotopic (exact) mass is 660 g/mol. The van der Waals surface area contributed by atoms with E-state index in [0.717, 1.165) is 66.7 Å². The lowest BCUT2D eigenvalue weighted by atomic mass is 9.85. The highest BCUT2D eigenvalue weighted by molar-refractivity contribution is 6.11. The third-order valence-corrected chi connectivity index (χ3v) is 9.82. The molecule has 0 bridgehead atoms. The van der Waals surface area contributed by atoms with E-state index < -0.39 is 0 Å². The number of benzene rings is 6. The lowest BCUT2D eigenvalue weighted by Crippen LogP contribution is -2.12. The van der Waals surface area contributed by atoms with Crippen molar-refractivity contribution in [2.75, 3.05) is 0 Å². The number of fused-ring (bicyclic) bond motifs is 4. The van der Waals surface area contributed by atoms with E-state index in [1.165, 1.54) is 5.56 Å². The molecule has 0 spiro atoms. The Balaban J connectivity index is 1.41. The normalized spacial score (nSPS) is 11.9. The first kappa shape index (κ1) is 30.6. The van der Waals surface area contributed by atoms with Crippen LogP contribution in [0, 0.1) is 0 Å². The first-order chi connectivity index (χ1) is 24.9. The van der Waals surface area contributed by atoms with Crippen molar-refractivity contribution in [1.82, 2.24) is 19.1 Å². The van der Waals surface area contributed by atoms with E-state index in [1.54, 1.807) is 6.07 Å². The number of hydrogen-bond acceptors (Lipinski definition) is 3. The molecule has 0 aliphatic rings. The first-order valence-corrected chi connectivity index (χ1v) is 17.3. The Hall–Kier alpha value is -6.46. The van der Waals surface area contributed by atoms with Gasteiger partial charge >= 0.3 is 0 Å². The molecule has 0 fully saturated rings. The van der Waals surface area contributed by atoms with E-state index in [1.807, 2.05) is 42.5 Å². The molecular formula is C46H36N4O. The smallest absolute Gasteiger partial charge is 0.220 e. The maximum absolute atomic E-state index is 11.5. The van der Waals surface area contributed by atoms with Crippen LogP contribution < -0.4 is 0 Å². The number of nitrogens with zero attached hydrogens (tertiary/aromatic N) is 4. The highest BCUT2D eigenvalue weighted by atomic mass is 16.3. The Morgan fingerprint density at radius 2 is 1.16 bits per heavy atom. The van der Waals surface area contributed by atoms with Crippen molar-refractivity contribution >= 4 is 32.8 Å². The van der Waals surface area contributed by atoms with Crippen molar-refractivity contribution in [1.29, 1.82) is 0 Å². The summed E-state index contributed by atoms with van der Waals surface area (Å²) in [6.45, 7) is 6.75. The van der Waals surface area contributed by atoms with Crippen molar-refractivity contribution in [2.45, 2.75) is 26.2 Å². The van der Waals surface area contributed by atoms with E-state index >= 15 is 0 Å². The van der Waals surface area contributed by atoms with Gasteiger partial charge in [-0.15, -0.1) is 0 Å². The zero-order valence-corrected chi connectivity index (χ0v) is 28.7. The standard InChI is InChI=1S/C46H36N4O/c1-46(2,3)32-27-28-40(36(29-32)30-15-6-4-7-16-30)49-41-25-12-21-35(38-23-14-22-37(47-38)31-17-8-5-9-18-31)43(41)48-45(49)50-39-24-11-10-19-33(39)34-20-13-26-42(51)44(34)50/h4-29,51H,1-3H3. The molecule has 6 aromatic carbocycles. The van der Waals surface area contributed by atoms with Crippen LogP contribution in [0.15, 0.2) is 158 Å². The third-order valence-electron chi connectivity index (χ3n) is 9.82. The Labute approximate surface area is 296 Å². The van der Waals surface area contributed by atoms with Gasteiger partial charge in [0.05, 0.1) is 33.6 Å². The van der Waals surface area contributed by atoms with Crippen LogP contribution >= 0.6 is 0 Å². The van der Waals surface area contributed by atoms with Crippen molar-refractivity contribution in [3.8, 4) is 51.0 Å². The molecular weight excluding hydrogens is 625 g/mol. The Morgan fingerprint density at radius 1 is 0.510 bits per heavy atom. The zero-order chi connectivity index (χ0) is 34.7. The largest absolute Gasteiger partial charge is 0.506 e. The summed E-state index contributed by atoms with van der Waals surface area (Å²) < 4.78 is 4.37. The maximum Gasteiger partial charge on any atom is 0.220 e. The minimum Gasteiger partial charge on any atom is -0.506 e. The molecule has 0 saturated heterocycles. The van der Waals surface area contributed by atoms with Gasteiger partial charge in [0.2, 0.25) is 5.95 Å². The minimum absolute atomic E-state index is 0.0525. The number of pyridine rings is 1. The van der Waals surface area contributed by atoms with Crippen LogP contribution in [0.25, 0.3) is 78.1 Å². The summed E-state index contributed by atoms with van der Waals surface area (Å²) in [6.07, 6.45) is 0. The summed E-state index contributed by atoms with van der Waals surface area (Å²) in [4.78, 5) is 10.7. The SMILES string of the molecule is CC(C)(C)c1ccc(-n2c(-n3c4ccccc4c4cccc(O)c43)nc3c(-c4cccc(-c5ccccc5)n4)cccc32)c(-c2ccccc2)c1. The quantitative estimate of drug-likeness (QED) is 0.200. The number of imidazole rings is 1. The van der Waals surface area contributed by atoms with Gasteiger partial charge in [-0.2, -0.15) is 0 Å². The molecule has 5 heteroatoms. The van der Waals surface area contributed by atoms with Crippen LogP contribution in [0.5, 0.6) is 5.75 Å². The first-order valence-electron chi connectivity index (χ1n) is 17.3. The number of phenols is 1. The molecule has 0 amide bonds. The van der Waals surface area contributed by atoms with Gasteiger partial charge in [0, 0.05) is 27.5 Å². The number of hydrogen-bond donors (Lipinski definition) is 1. The molecule has 9 rings (SSSR count). The van der Waals surface area contributed by atoms with Gasteiger partial charge in [0.1, 0.15) is 11.3 Å². The molecule has 0 aliphatic heterocycles. The fraction of sp³-hybridized carbons (Fsp3) is 0.0870. The number of aromatic hydroxyl groups is 1. The second-order valence-electron chi connectivity index (χ2n) is 14.1. The molecule has 0 radical (unpaired) electrons. The maximum atomic E-state index is 11.5. The Bertz CT molecular complexity index is 2730. The van der Waals surface area contributed by atoms with E-state index in [2.05, 4.69) is 139 Å². The van der Waals surface area contributed by atoms with Crippen LogP contribution in [-0.4, -0.2) is 24.2 Å². The molecule has 1 N–H and O–H groups in total. The van der Waals surface area contributed by atoms with Gasteiger partial charge < -0.3 is 5.11 Å². The second kappa shape index (κ2) is 11.9. The lowest BCUT2D eigenvalue weighted by Gasteiger charge is -2.23. The number of phenolic OH excluding ortho intramolecular Hbond substituents is 1. The Kier molecular flexibility index (Phi) is 7.11. The average Bonchev–Trinajstić information content (AvgIpc) is 3.71. The molecule has 9 aromatic rings. The van der Waals surface area contributed by atoms with Crippen molar-refractivity contribution in [3.05, 3.63) is 163 Å². The average molecular weight is 661 g/mol. The molecule has 0 saturated carbocycles. The van der Waals surface area contributed by atoms with E-state index in [-0.39, 0.29) is 11.2 Å². The minimum atomic E-state index is -0.0525. The summed E-state index contributed by atoms with van der Waals surface area (Å²) in [5.41, 5.74) is 11.6. The molecule has 3 heterocycles. The van der Waals surface area contributed by atoms with Gasteiger partial charge in [-0.1, -0.05) is 136 Å². The topological polar surface area (TPSA) is 55.9 Å². The van der Waals surface area contributed by atoms with Gasteiger partial charge in [0.15, 0.2) is 0 Å². The molecule has 51 heavy (non-hydrogen) atoms. The van der Waals surface area contributed by atoms with E-state index in [4.69, 9.17) is 9.97 Å². The van der Waals surface area contributed by atoms with Crippen LogP contribution in [-0.2, 0) is 5.41 Å². The van der Waals surface area contributed by atoms with Gasteiger partial charge in [-0.25, -0.2) is 9.97 Å². The van der Waals surface area contributed by atoms with Crippen LogP contribution in [0.3, 0.4) is 0 Å². The molecule has 246 valence electrons. The molecule has 0 atom stereocenters. The zero-order valence-electron chi connectivity index (χ0n) is 28.7. The van der Waals surface area contributed by atoms with Gasteiger partial charge in [0.25, 0.3) is 0 Å². The van der Waals surface area contributed by atoms with E-state index in [0.29, 0.717) is 11.5 Å². The molecule has 0 aliphatic carbocycles. The predicted molar refractivity (Wildman–Crippen MR) is 210 cm³/mol. The lowest BCUT2D eigenvalue weighted by molar-refractivity contribution is 0.479. The predicted octanol–water partition coefficient (Wildman–Crippen LogP) is 11.5. The number of para-hydroxylation sites is 3. The van der Waals surface area contributed by atoms with Crippen LogP contribution in [0.1, 0.15) is 26.3 Å². The fourth-order valence-electron chi connectivity index (χ4n) is 7.29. The molecule has 3 aromatic heterocycles. The summed E-state index contributed by atoms with van der Waals surface area (Å²) in [5, 5.41) is 13.5. The van der Waals surface area contributed by atoms with Crippen LogP contribution in [0.4, 0.5) is 0 Å². The second-order valence-corrected chi connectivity index (χ2v) is 14.1. The fourth-order valence-corrected chi connectivity index (χ4v) is 7.29. The highest BCUT2D eigenvalue weighted by Gasteiger charge is 2.25. The van der Waals surface area contributed by atoms with Crippen molar-refractivity contribution < 1.29 is 5.11 Å².